The van der Waals surface area contributed by atoms with Gasteiger partial charge >= 0.3 is 5.97 Å². The van der Waals surface area contributed by atoms with Crippen LogP contribution in [0.25, 0.3) is 10.9 Å². The molecule has 3 aliphatic rings. The van der Waals surface area contributed by atoms with E-state index in [9.17, 15) is 53.3 Å². The minimum absolute atomic E-state index is 0.0514. The lowest BCUT2D eigenvalue weighted by Gasteiger charge is -2.38. The van der Waals surface area contributed by atoms with Crippen molar-refractivity contribution < 1.29 is 115 Å². The Morgan fingerprint density at radius 3 is 1.65 bits per heavy atom. The predicted molar refractivity (Wildman–Crippen MR) is 495 cm³/mol. The Morgan fingerprint density at radius 2 is 1.04 bits per heavy atom. The number of phenols is 2. The second-order valence-corrected chi connectivity index (χ2v) is 35.4. The molecule has 0 aliphatic carbocycles. The summed E-state index contributed by atoms with van der Waals surface area (Å²) >= 11 is 0.651. The van der Waals surface area contributed by atoms with Crippen LogP contribution in [0, 0.1) is 23.4 Å². The zero-order chi connectivity index (χ0) is 99.4. The maximum atomic E-state index is 15.9. The molecule has 137 heavy (non-hydrogen) atoms. The van der Waals surface area contributed by atoms with Crippen LogP contribution in [0.2, 0.25) is 0 Å². The number of morpholine rings is 1. The number of aromatic amines is 1. The second kappa shape index (κ2) is 50.0. The lowest BCUT2D eigenvalue weighted by atomic mass is 9.98. The molecule has 3 aliphatic heterocycles. The summed E-state index contributed by atoms with van der Waals surface area (Å²) in [5, 5.41) is 55.5. The Labute approximate surface area is 793 Å². The third kappa shape index (κ3) is 29.0. The van der Waals surface area contributed by atoms with Crippen LogP contribution in [-0.2, 0) is 125 Å². The Bertz CT molecular complexity index is 5450. The Morgan fingerprint density at radius 1 is 0.533 bits per heavy atom. The van der Waals surface area contributed by atoms with Gasteiger partial charge in [-0.25, -0.2) is 13.2 Å². The number of likely N-dealkylation sites (N-methyl/N-ethyl adjacent to an activating group) is 3. The number of aromatic hydroxyl groups is 2. The molecule has 0 unspecified atom stereocenters. The Hall–Kier alpha value is -14.0. The lowest BCUT2D eigenvalue weighted by molar-refractivity contribution is -0.152. The molecule has 3 saturated heterocycles. The van der Waals surface area contributed by atoms with Crippen molar-refractivity contribution in [2.75, 3.05) is 79.2 Å². The molecular formula is C96H117F3N16O21S. The highest BCUT2D eigenvalue weighted by molar-refractivity contribution is 8.00. The number of nitrogens with zero attached hydrogens (tertiary/aromatic N) is 5. The first-order chi connectivity index (χ1) is 65.4. The zero-order valence-electron chi connectivity index (χ0n) is 76.9. The molecule has 37 nitrogen and oxygen atoms in total. The molecule has 4 heterocycles. The number of aliphatic carboxylic acids is 1. The molecule has 15 N–H and O–H groups in total. The third-order valence-corrected chi connectivity index (χ3v) is 25.2. The molecule has 0 saturated carbocycles. The van der Waals surface area contributed by atoms with Crippen molar-refractivity contribution >= 4 is 117 Å². The van der Waals surface area contributed by atoms with Gasteiger partial charge in [-0.15, -0.1) is 11.8 Å². The second-order valence-electron chi connectivity index (χ2n) is 34.4. The van der Waals surface area contributed by atoms with Crippen LogP contribution in [-0.4, -0.2) is 297 Å². The number of thioether (sulfide) groups is 1. The highest BCUT2D eigenvalue weighted by Crippen LogP contribution is 2.28. The molecule has 3 fully saturated rings. The van der Waals surface area contributed by atoms with Gasteiger partial charge in [-0.3, -0.25) is 76.7 Å². The molecule has 7 aromatic rings. The number of amides is 15. The maximum Gasteiger partial charge on any atom is 0.305 e. The summed E-state index contributed by atoms with van der Waals surface area (Å²) in [5.41, 5.74) is 7.79. The number of carbonyl (C=O) groups excluding carboxylic acids is 15. The van der Waals surface area contributed by atoms with Gasteiger partial charge in [0.15, 0.2) is 17.5 Å². The van der Waals surface area contributed by atoms with Gasteiger partial charge in [-0.1, -0.05) is 137 Å². The monoisotopic (exact) mass is 1920 g/mol. The number of nitrogens with two attached hydrogens (primary N) is 1. The largest absolute Gasteiger partial charge is 0.508 e. The van der Waals surface area contributed by atoms with E-state index in [0.717, 1.165) is 19.6 Å². The van der Waals surface area contributed by atoms with Crippen LogP contribution < -0.4 is 53.6 Å². The molecule has 41 heteroatoms. The minimum atomic E-state index is -1.96. The number of carboxylic acid groups (broad SMARTS) is 1. The number of ether oxygens (including phenoxy) is 2. The number of carboxylic acids is 1. The van der Waals surface area contributed by atoms with Gasteiger partial charge in [-0.2, -0.15) is 0 Å². The zero-order valence-corrected chi connectivity index (χ0v) is 77.7. The number of rotatable bonds is 24. The summed E-state index contributed by atoms with van der Waals surface area (Å²) in [7, 11) is 5.02. The number of benzene rings is 6. The van der Waals surface area contributed by atoms with Crippen molar-refractivity contribution in [2.24, 2.45) is 11.7 Å². The minimum Gasteiger partial charge on any atom is -0.508 e. The molecule has 0 radical (unpaired) electrons. The first-order valence-electron chi connectivity index (χ1n) is 45.0. The van der Waals surface area contributed by atoms with E-state index in [1.54, 1.807) is 112 Å². The molecular weight excluding hydrogens is 1800 g/mol. The predicted octanol–water partition coefficient (Wildman–Crippen LogP) is 2.04. The van der Waals surface area contributed by atoms with E-state index < -0.39 is 234 Å². The van der Waals surface area contributed by atoms with Crippen LogP contribution in [0.15, 0.2) is 152 Å². The molecule has 13 atom stereocenters. The van der Waals surface area contributed by atoms with E-state index in [4.69, 9.17) is 15.2 Å². The first kappa shape index (κ1) is 105. The number of halogens is 3. The molecule has 1 aromatic heterocycles. The van der Waals surface area contributed by atoms with Crippen LogP contribution >= 0.6 is 11.8 Å². The van der Waals surface area contributed by atoms with Gasteiger partial charge < -0.3 is 108 Å². The summed E-state index contributed by atoms with van der Waals surface area (Å²) in [6, 6.07) is 14.3. The number of primary amides is 1. The van der Waals surface area contributed by atoms with E-state index >= 15 is 51.9 Å². The number of hydrogen-bond donors (Lipinski definition) is 14. The van der Waals surface area contributed by atoms with Gasteiger partial charge in [-0.05, 0) is 107 Å². The maximum absolute atomic E-state index is 15.9. The summed E-state index contributed by atoms with van der Waals surface area (Å²) in [6.07, 6.45) is -1.40. The quantitative estimate of drug-likeness (QED) is 0.0385. The highest BCUT2D eigenvalue weighted by Gasteiger charge is 2.46. The van der Waals surface area contributed by atoms with E-state index in [1.165, 1.54) is 81.7 Å². The number of hydrogen-bond acceptors (Lipinski definition) is 21. The number of aromatic nitrogens is 1. The van der Waals surface area contributed by atoms with Gasteiger partial charge in [0.1, 0.15) is 90.0 Å². The Kier molecular flexibility index (Phi) is 38.4. The van der Waals surface area contributed by atoms with E-state index in [0.29, 0.717) is 69.0 Å². The molecule has 15 amide bonds. The number of H-pyrrole nitrogens is 1. The van der Waals surface area contributed by atoms with Gasteiger partial charge in [0.05, 0.1) is 31.9 Å². The number of methoxy groups -OCH3 is 1. The molecule has 6 aromatic carbocycles. The lowest BCUT2D eigenvalue weighted by Crippen LogP contribution is -2.64. The normalized spacial score (nSPS) is 23.3. The fourth-order valence-corrected chi connectivity index (χ4v) is 17.4. The van der Waals surface area contributed by atoms with Gasteiger partial charge in [0.2, 0.25) is 88.6 Å². The summed E-state index contributed by atoms with van der Waals surface area (Å²) < 4.78 is 56.4. The van der Waals surface area contributed by atoms with Crippen LogP contribution in [0.3, 0.4) is 0 Å². The van der Waals surface area contributed by atoms with E-state index in [1.807, 2.05) is 0 Å². The SMILES string of the molecule is CCCC[C@H]1C(=O)N2CCC[C@@H]2C(=O)N[C@@H](CC(=O)O)C(=O)N[C@@H](C(C)C)C(=O)N(C)[C@@H](Cc2ccccc2)C(=O)N[C@@H](Cc2ccc(O)cc2)C(=O)N2CCOC[C@@H]2C(=O)N[C@H](Cc2c[nH]c3ccccc23)C(=O)N[C@@H](Cc2ccc(O)cc2)C(=O)N[C@@H](CCOC)C(=O)N[C@H](C(=O)NCC(N)=O)CSCC(=O)N[C@@H](Cc2cc(F)c(F)c(F)c2)C(=O)N(C)[C@@H](Cc2ccccc2)C(=O)N1C. The summed E-state index contributed by atoms with van der Waals surface area (Å²) in [5.74, 6) is -24.3. The average molecular weight is 1920 g/mol. The highest BCUT2D eigenvalue weighted by atomic mass is 32.2. The molecule has 0 spiro atoms. The van der Waals surface area contributed by atoms with Crippen molar-refractivity contribution in [1.82, 2.24) is 77.3 Å². The number of nitrogens with one attached hydrogen (secondary N) is 10. The first-order valence-corrected chi connectivity index (χ1v) is 46.1. The fraction of sp³-hybridized carbons (Fsp3) is 0.438. The fourth-order valence-electron chi connectivity index (χ4n) is 16.6. The number of phenolic OH excluding ortho intramolecular Hbond substituents is 2. The Balaban J connectivity index is 1.06. The molecule has 10 rings (SSSR count). The van der Waals surface area contributed by atoms with Crippen molar-refractivity contribution in [3.8, 4) is 11.5 Å². The number of fused-ring (bicyclic) bond motifs is 3. The van der Waals surface area contributed by atoms with Gasteiger partial charge in [0.25, 0.3) is 0 Å². The average Bonchev–Trinajstić information content (AvgIpc) is 1.78. The van der Waals surface area contributed by atoms with E-state index in [-0.39, 0.29) is 108 Å². The van der Waals surface area contributed by atoms with Crippen LogP contribution in [0.5, 0.6) is 11.5 Å². The van der Waals surface area contributed by atoms with Gasteiger partial charge in [0, 0.05) is 109 Å². The van der Waals surface area contributed by atoms with Crippen molar-refractivity contribution in [1.29, 1.82) is 0 Å². The number of carbonyl (C=O) groups is 16. The van der Waals surface area contributed by atoms with Crippen molar-refractivity contribution in [3.63, 3.8) is 0 Å². The van der Waals surface area contributed by atoms with Crippen LogP contribution in [0.1, 0.15) is 99.1 Å². The molecule has 0 bridgehead atoms. The standard InChI is InChI=1S/C96H117F3N16O21S/c1-8-9-25-75-95(133)114-36-18-26-74(114)89(127)107-70(48-81(120)121)88(126)110-83(54(2)3)96(134)112(5)76(45-55-19-12-10-13-20-55)90(128)108-72(43-58-29-33-62(117)34-30-58)93(131)115-37-39-136-51-78(115)91(129)106-69(47-60-49-101-66-24-17-16-23-63(60)66)87(125)105-68(42-57-27-31-61(116)32-28-57)86(124)104-67(35-38-135-7)85(123)109-73(84(122)102-50-79(100)118)52-137-53-80(119)103-71(44-59-40-64(97)82(99)65(98)41-59)92(130)113(6)77(94(132)111(75)4)46-56-21-14-11-15-22-56/h10-17,19-24,27-34,40-41,49,54,67-78,83,101,116-117H,8-9,18,25-26,35-39,42-48,50-53H2,1-7H3,(H2,100,118)(H,102,122)(H,103,119)(H,104,124)(H,105,125)(H,106,129)(H,107,127)(H,108,128)(H,109,123)(H,110,126)(H,120,121)/t67-,68-,69+,70-,71-,72-,73-,74+,75-,76-,77-,78+,83-/m0/s1. The summed E-state index contributed by atoms with van der Waals surface area (Å²) in [4.78, 5) is 248. The van der Waals surface area contributed by atoms with E-state index in [2.05, 4.69) is 52.8 Å². The smallest absolute Gasteiger partial charge is 0.305 e. The number of unbranched alkanes of at least 4 members (excludes halogenated alkanes) is 1. The van der Waals surface area contributed by atoms with Crippen molar-refractivity contribution in [2.45, 2.75) is 183 Å². The third-order valence-electron chi connectivity index (χ3n) is 24.2. The van der Waals surface area contributed by atoms with Crippen LogP contribution in [0.4, 0.5) is 13.2 Å². The van der Waals surface area contributed by atoms with Crippen molar-refractivity contribution in [3.05, 3.63) is 203 Å². The number of para-hydroxylation sites is 1. The molecule has 734 valence electrons. The summed E-state index contributed by atoms with van der Waals surface area (Å²) in [6.45, 7) is 2.76. The topological polar surface area (TPSA) is 519 Å².